The molecule has 0 unspecified atom stereocenters. The van der Waals surface area contributed by atoms with Crippen LogP contribution in [0.15, 0.2) is 42.5 Å². The Balaban J connectivity index is 1.51. The molecule has 1 heteroatoms. The lowest BCUT2D eigenvalue weighted by atomic mass is 9.73. The molecule has 1 aromatic rings. The molecule has 2 fully saturated rings. The van der Waals surface area contributed by atoms with Gasteiger partial charge >= 0.3 is 0 Å². The molecule has 0 N–H and O–H groups in total. The molecule has 0 aromatic heterocycles. The highest BCUT2D eigenvalue weighted by molar-refractivity contribution is 5.13. The minimum atomic E-state index is 0.760. The van der Waals surface area contributed by atoms with E-state index in [-0.39, 0.29) is 0 Å². The van der Waals surface area contributed by atoms with E-state index in [0.29, 0.717) is 0 Å². The van der Waals surface area contributed by atoms with Crippen LogP contribution in [-0.2, 0) is 11.3 Å². The average molecular weight is 256 g/mol. The molecular weight excluding hydrogens is 232 g/mol. The van der Waals surface area contributed by atoms with Crippen molar-refractivity contribution in [1.29, 1.82) is 0 Å². The molecule has 0 heterocycles. The normalized spacial score (nSPS) is 30.3. The van der Waals surface area contributed by atoms with Gasteiger partial charge in [0.05, 0.1) is 13.2 Å². The first-order chi connectivity index (χ1) is 9.34. The van der Waals surface area contributed by atoms with E-state index in [1.807, 2.05) is 0 Å². The lowest BCUT2D eigenvalue weighted by Gasteiger charge is -2.34. The molecule has 3 atom stereocenters. The van der Waals surface area contributed by atoms with E-state index in [1.165, 1.54) is 43.2 Å². The third-order valence-electron chi connectivity index (χ3n) is 4.98. The molecule has 3 rings (SSSR count). The maximum absolute atomic E-state index is 5.97. The summed E-state index contributed by atoms with van der Waals surface area (Å²) in [6, 6.07) is 10.5. The Bertz CT molecular complexity index is 423. The fraction of sp³-hybridized carbons (Fsp3) is 0.556. The van der Waals surface area contributed by atoms with E-state index in [0.717, 1.165) is 31.0 Å². The van der Waals surface area contributed by atoms with Crippen LogP contribution in [0, 0.1) is 17.8 Å². The van der Waals surface area contributed by atoms with Crippen LogP contribution in [0.5, 0.6) is 0 Å². The highest BCUT2D eigenvalue weighted by Gasteiger charge is 2.38. The summed E-state index contributed by atoms with van der Waals surface area (Å²) in [5, 5.41) is 0. The van der Waals surface area contributed by atoms with E-state index in [9.17, 15) is 0 Å². The lowest BCUT2D eigenvalue weighted by Crippen LogP contribution is -2.28. The van der Waals surface area contributed by atoms with Crippen LogP contribution >= 0.6 is 0 Å². The van der Waals surface area contributed by atoms with E-state index < -0.39 is 0 Å². The quantitative estimate of drug-likeness (QED) is 0.716. The van der Waals surface area contributed by atoms with Crippen molar-refractivity contribution in [2.24, 2.45) is 17.8 Å². The molecule has 2 aliphatic rings. The minimum absolute atomic E-state index is 0.760. The summed E-state index contributed by atoms with van der Waals surface area (Å²) in [6.07, 6.45) is 6.69. The number of benzene rings is 1. The Hall–Kier alpha value is -1.08. The summed E-state index contributed by atoms with van der Waals surface area (Å²) in [5.41, 5.74) is 2.79. The van der Waals surface area contributed by atoms with Crippen LogP contribution in [0.1, 0.15) is 37.7 Å². The van der Waals surface area contributed by atoms with Gasteiger partial charge in [-0.15, -0.1) is 0 Å². The molecule has 2 aliphatic carbocycles. The first-order valence-electron chi connectivity index (χ1n) is 7.64. The Kier molecular flexibility index (Phi) is 4.03. The van der Waals surface area contributed by atoms with Crippen LogP contribution in [0.25, 0.3) is 0 Å². The maximum atomic E-state index is 5.97. The second-order valence-corrected chi connectivity index (χ2v) is 6.16. The molecule has 2 saturated carbocycles. The largest absolute Gasteiger partial charge is 0.376 e. The van der Waals surface area contributed by atoms with Crippen LogP contribution < -0.4 is 0 Å². The number of hydrogen-bond donors (Lipinski definition) is 0. The van der Waals surface area contributed by atoms with Crippen molar-refractivity contribution < 1.29 is 4.74 Å². The molecule has 102 valence electrons. The van der Waals surface area contributed by atoms with Crippen molar-refractivity contribution in [1.82, 2.24) is 0 Å². The smallest absolute Gasteiger partial charge is 0.0717 e. The molecule has 1 nitrogen and oxygen atoms in total. The zero-order valence-electron chi connectivity index (χ0n) is 11.7. The van der Waals surface area contributed by atoms with Crippen molar-refractivity contribution >= 4 is 0 Å². The van der Waals surface area contributed by atoms with Gasteiger partial charge in [-0.05, 0) is 49.0 Å². The molecule has 0 amide bonds. The average Bonchev–Trinajstić information content (AvgIpc) is 2.83. The predicted octanol–water partition coefficient (Wildman–Crippen LogP) is 4.59. The monoisotopic (exact) mass is 256 g/mol. The number of fused-ring (bicyclic) bond motifs is 1. The molecule has 19 heavy (non-hydrogen) atoms. The molecule has 0 radical (unpaired) electrons. The summed E-state index contributed by atoms with van der Waals surface area (Å²) in [6.45, 7) is 5.95. The van der Waals surface area contributed by atoms with Crippen molar-refractivity contribution in [2.45, 2.75) is 38.7 Å². The van der Waals surface area contributed by atoms with Gasteiger partial charge in [0.25, 0.3) is 0 Å². The molecule has 0 spiro atoms. The Morgan fingerprint density at radius 2 is 1.95 bits per heavy atom. The summed E-state index contributed by atoms with van der Waals surface area (Å²) >= 11 is 0. The van der Waals surface area contributed by atoms with Gasteiger partial charge in [0, 0.05) is 0 Å². The Morgan fingerprint density at radius 1 is 1.11 bits per heavy atom. The number of rotatable bonds is 4. The van der Waals surface area contributed by atoms with Gasteiger partial charge in [-0.25, -0.2) is 0 Å². The van der Waals surface area contributed by atoms with E-state index >= 15 is 0 Å². The number of hydrogen-bond acceptors (Lipinski definition) is 1. The van der Waals surface area contributed by atoms with Gasteiger partial charge in [0.15, 0.2) is 0 Å². The molecule has 1 aromatic carbocycles. The van der Waals surface area contributed by atoms with Gasteiger partial charge < -0.3 is 4.74 Å². The minimum Gasteiger partial charge on any atom is -0.376 e. The van der Waals surface area contributed by atoms with Gasteiger partial charge in [-0.1, -0.05) is 48.9 Å². The molecule has 0 bridgehead atoms. The Labute approximate surface area is 116 Å². The third-order valence-corrected chi connectivity index (χ3v) is 4.98. The lowest BCUT2D eigenvalue weighted by molar-refractivity contribution is 0.0411. The van der Waals surface area contributed by atoms with Crippen molar-refractivity contribution in [3.8, 4) is 0 Å². The summed E-state index contributed by atoms with van der Waals surface area (Å²) < 4.78 is 5.97. The topological polar surface area (TPSA) is 9.23 Å². The van der Waals surface area contributed by atoms with Crippen molar-refractivity contribution in [3.05, 3.63) is 48.0 Å². The zero-order valence-corrected chi connectivity index (χ0v) is 11.7. The highest BCUT2D eigenvalue weighted by atomic mass is 16.5. The first-order valence-corrected chi connectivity index (χ1v) is 7.64. The Morgan fingerprint density at radius 3 is 2.79 bits per heavy atom. The van der Waals surface area contributed by atoms with Crippen LogP contribution in [0.4, 0.5) is 0 Å². The van der Waals surface area contributed by atoms with Gasteiger partial charge in [-0.2, -0.15) is 0 Å². The van der Waals surface area contributed by atoms with Crippen LogP contribution in [0.3, 0.4) is 0 Å². The second kappa shape index (κ2) is 5.92. The van der Waals surface area contributed by atoms with Crippen molar-refractivity contribution in [2.75, 3.05) is 6.61 Å². The van der Waals surface area contributed by atoms with Gasteiger partial charge in [-0.3, -0.25) is 0 Å². The number of ether oxygens (including phenoxy) is 1. The van der Waals surface area contributed by atoms with E-state index in [1.54, 1.807) is 0 Å². The standard InChI is InChI=1S/C18H24O/c1-14-10-11-18-16(8-5-9-17(14)18)13-19-12-15-6-3-2-4-7-15/h2-4,6-7,16-18H,1,5,8-13H2/t16-,17+,18+/m1/s1. The van der Waals surface area contributed by atoms with Gasteiger partial charge in [0.2, 0.25) is 0 Å². The SMILES string of the molecule is C=C1CC[C@H]2[C@@H](COCc3ccccc3)CCC[C@@H]12. The van der Waals surface area contributed by atoms with Crippen LogP contribution in [-0.4, -0.2) is 6.61 Å². The van der Waals surface area contributed by atoms with E-state index in [2.05, 4.69) is 36.9 Å². The second-order valence-electron chi connectivity index (χ2n) is 6.16. The highest BCUT2D eigenvalue weighted by Crippen LogP contribution is 2.47. The first kappa shape index (κ1) is 12.9. The fourth-order valence-corrected chi connectivity index (χ4v) is 3.95. The maximum Gasteiger partial charge on any atom is 0.0717 e. The molecular formula is C18H24O. The third kappa shape index (κ3) is 2.92. The predicted molar refractivity (Wildman–Crippen MR) is 78.8 cm³/mol. The van der Waals surface area contributed by atoms with Gasteiger partial charge in [0.1, 0.15) is 0 Å². The van der Waals surface area contributed by atoms with Crippen LogP contribution in [0.2, 0.25) is 0 Å². The number of allylic oxidation sites excluding steroid dienone is 1. The molecule has 0 aliphatic heterocycles. The summed E-state index contributed by atoms with van der Waals surface area (Å²) in [4.78, 5) is 0. The van der Waals surface area contributed by atoms with Crippen molar-refractivity contribution in [3.63, 3.8) is 0 Å². The molecule has 0 saturated heterocycles. The zero-order chi connectivity index (χ0) is 13.1. The summed E-state index contributed by atoms with van der Waals surface area (Å²) in [5.74, 6) is 2.43. The summed E-state index contributed by atoms with van der Waals surface area (Å²) in [7, 11) is 0. The van der Waals surface area contributed by atoms with E-state index in [4.69, 9.17) is 4.74 Å². The fourth-order valence-electron chi connectivity index (χ4n) is 3.95.